The van der Waals surface area contributed by atoms with Gasteiger partial charge in [0.25, 0.3) is 5.69 Å². The summed E-state index contributed by atoms with van der Waals surface area (Å²) in [4.78, 5) is 35.5. The van der Waals surface area contributed by atoms with Crippen molar-refractivity contribution in [1.82, 2.24) is 0 Å². The number of amides is 1. The Balaban J connectivity index is 1.54. The number of carbonyl (C=O) groups is 2. The van der Waals surface area contributed by atoms with Crippen LogP contribution in [0.15, 0.2) is 42.5 Å². The molecule has 3 rings (SSSR count). The second-order valence-corrected chi connectivity index (χ2v) is 6.78. The van der Waals surface area contributed by atoms with Gasteiger partial charge in [0.05, 0.1) is 16.9 Å². The Labute approximate surface area is 174 Å². The summed E-state index contributed by atoms with van der Waals surface area (Å²) in [5.41, 5.74) is -1.30. The van der Waals surface area contributed by atoms with Gasteiger partial charge < -0.3 is 15.0 Å². The van der Waals surface area contributed by atoms with Gasteiger partial charge >= 0.3 is 12.1 Å². The Morgan fingerprint density at radius 2 is 1.90 bits per heavy atom. The molecule has 1 aliphatic rings. The average molecular weight is 437 g/mol. The number of nitrogens with zero attached hydrogens (tertiary/aromatic N) is 2. The Morgan fingerprint density at radius 3 is 2.48 bits per heavy atom. The minimum absolute atomic E-state index is 0.0354. The molecule has 8 nitrogen and oxygen atoms in total. The van der Waals surface area contributed by atoms with E-state index in [1.54, 1.807) is 29.2 Å². The van der Waals surface area contributed by atoms with Crippen molar-refractivity contribution >= 4 is 28.9 Å². The molecule has 0 radical (unpaired) electrons. The fourth-order valence-corrected chi connectivity index (χ4v) is 3.11. The fraction of sp³-hybridized carbons (Fsp3) is 0.300. The Bertz CT molecular complexity index is 993. The van der Waals surface area contributed by atoms with E-state index in [1.807, 2.05) is 0 Å². The molecule has 1 amide bonds. The predicted molar refractivity (Wildman–Crippen MR) is 105 cm³/mol. The third-order valence-electron chi connectivity index (χ3n) is 4.62. The maximum atomic E-state index is 12.7. The third-order valence-corrected chi connectivity index (χ3v) is 4.62. The molecular formula is C20H18F3N3O5. The van der Waals surface area contributed by atoms with E-state index in [0.29, 0.717) is 24.7 Å². The number of anilines is 2. The first kappa shape index (κ1) is 22.1. The van der Waals surface area contributed by atoms with Gasteiger partial charge in [-0.2, -0.15) is 13.2 Å². The highest BCUT2D eigenvalue weighted by Gasteiger charge is 2.33. The van der Waals surface area contributed by atoms with Crippen LogP contribution in [0.3, 0.4) is 0 Å². The quantitative estimate of drug-likeness (QED) is 0.302. The fourth-order valence-electron chi connectivity index (χ4n) is 3.11. The standard InChI is InChI=1S/C20H18F3N3O5/c21-20(22,23)13-3-8-16(17(12-13)26(29)30)24-10-9-19(28)31-15-6-4-14(5-7-15)25-11-1-2-18(25)27/h3-8,12,24H,1-2,9-11H2. The molecule has 1 fully saturated rings. The smallest absolute Gasteiger partial charge is 0.416 e. The molecule has 0 saturated carbocycles. The number of hydrogen-bond donors (Lipinski definition) is 1. The zero-order valence-electron chi connectivity index (χ0n) is 16.1. The highest BCUT2D eigenvalue weighted by molar-refractivity contribution is 5.95. The number of nitro benzene ring substituents is 1. The maximum Gasteiger partial charge on any atom is 0.416 e. The molecule has 0 bridgehead atoms. The van der Waals surface area contributed by atoms with Gasteiger partial charge in [0.2, 0.25) is 5.91 Å². The van der Waals surface area contributed by atoms with Crippen molar-refractivity contribution in [2.45, 2.75) is 25.4 Å². The molecular weight excluding hydrogens is 419 g/mol. The molecule has 2 aromatic carbocycles. The summed E-state index contributed by atoms with van der Waals surface area (Å²) in [5.74, 6) is -0.332. The van der Waals surface area contributed by atoms with Gasteiger partial charge in [-0.3, -0.25) is 19.7 Å². The van der Waals surface area contributed by atoms with E-state index in [-0.39, 0.29) is 30.3 Å². The lowest BCUT2D eigenvalue weighted by molar-refractivity contribution is -0.384. The number of alkyl halides is 3. The van der Waals surface area contributed by atoms with Crippen molar-refractivity contribution in [1.29, 1.82) is 0 Å². The summed E-state index contributed by atoms with van der Waals surface area (Å²) in [7, 11) is 0. The predicted octanol–water partition coefficient (Wildman–Crippen LogP) is 4.15. The van der Waals surface area contributed by atoms with Gasteiger partial charge in [-0.1, -0.05) is 0 Å². The van der Waals surface area contributed by atoms with Crippen LogP contribution in [0, 0.1) is 10.1 Å². The normalized spacial score (nSPS) is 13.9. The van der Waals surface area contributed by atoms with Crippen LogP contribution in [0.4, 0.5) is 30.2 Å². The number of ether oxygens (including phenoxy) is 1. The summed E-state index contributed by atoms with van der Waals surface area (Å²) in [6.07, 6.45) is -3.59. The van der Waals surface area contributed by atoms with E-state index in [9.17, 15) is 32.9 Å². The zero-order valence-corrected chi connectivity index (χ0v) is 16.1. The first-order valence-corrected chi connectivity index (χ1v) is 9.36. The van der Waals surface area contributed by atoms with Crippen LogP contribution in [0.2, 0.25) is 0 Å². The summed E-state index contributed by atoms with van der Waals surface area (Å²) in [6, 6.07) is 8.53. The molecule has 1 saturated heterocycles. The molecule has 2 aromatic rings. The number of rotatable bonds is 7. The van der Waals surface area contributed by atoms with E-state index in [0.717, 1.165) is 18.6 Å². The van der Waals surface area contributed by atoms with E-state index in [1.165, 1.54) is 0 Å². The summed E-state index contributed by atoms with van der Waals surface area (Å²) in [6.45, 7) is 0.561. The van der Waals surface area contributed by atoms with Crippen LogP contribution in [-0.2, 0) is 15.8 Å². The highest BCUT2D eigenvalue weighted by atomic mass is 19.4. The number of nitrogens with one attached hydrogen (secondary N) is 1. The summed E-state index contributed by atoms with van der Waals surface area (Å²) < 4.78 is 43.4. The molecule has 1 heterocycles. The van der Waals surface area contributed by atoms with Crippen LogP contribution in [0.5, 0.6) is 5.75 Å². The van der Waals surface area contributed by atoms with Crippen LogP contribution in [0.1, 0.15) is 24.8 Å². The second-order valence-electron chi connectivity index (χ2n) is 6.78. The molecule has 1 aliphatic heterocycles. The molecule has 0 aliphatic carbocycles. The maximum absolute atomic E-state index is 12.7. The molecule has 0 aromatic heterocycles. The number of hydrogen-bond acceptors (Lipinski definition) is 6. The van der Waals surface area contributed by atoms with Crippen molar-refractivity contribution < 1.29 is 32.4 Å². The van der Waals surface area contributed by atoms with Crippen molar-refractivity contribution in [3.05, 3.63) is 58.1 Å². The monoisotopic (exact) mass is 437 g/mol. The minimum atomic E-state index is -4.70. The lowest BCUT2D eigenvalue weighted by atomic mass is 10.1. The first-order valence-electron chi connectivity index (χ1n) is 9.36. The van der Waals surface area contributed by atoms with Gasteiger partial charge in [0, 0.05) is 31.3 Å². The molecule has 11 heteroatoms. The Kier molecular flexibility index (Phi) is 6.42. The molecule has 1 N–H and O–H groups in total. The van der Waals surface area contributed by atoms with Crippen LogP contribution >= 0.6 is 0 Å². The van der Waals surface area contributed by atoms with Gasteiger partial charge in [0.1, 0.15) is 11.4 Å². The minimum Gasteiger partial charge on any atom is -0.426 e. The van der Waals surface area contributed by atoms with E-state index < -0.39 is 28.3 Å². The SMILES string of the molecule is O=C(CCNc1ccc(C(F)(F)F)cc1[N+](=O)[O-])Oc1ccc(N2CCCC2=O)cc1. The second kappa shape index (κ2) is 9.02. The van der Waals surface area contributed by atoms with Crippen molar-refractivity contribution in [3.8, 4) is 5.75 Å². The van der Waals surface area contributed by atoms with Crippen molar-refractivity contribution in [2.24, 2.45) is 0 Å². The zero-order chi connectivity index (χ0) is 22.6. The average Bonchev–Trinajstić information content (AvgIpc) is 3.13. The number of nitro groups is 1. The summed E-state index contributed by atoms with van der Waals surface area (Å²) in [5, 5.41) is 13.7. The van der Waals surface area contributed by atoms with Crippen LogP contribution in [-0.4, -0.2) is 29.9 Å². The molecule has 0 unspecified atom stereocenters. The van der Waals surface area contributed by atoms with Gasteiger partial charge in [-0.15, -0.1) is 0 Å². The van der Waals surface area contributed by atoms with Crippen molar-refractivity contribution in [3.63, 3.8) is 0 Å². The van der Waals surface area contributed by atoms with Crippen LogP contribution < -0.4 is 15.0 Å². The molecule has 164 valence electrons. The van der Waals surface area contributed by atoms with E-state index in [4.69, 9.17) is 4.74 Å². The van der Waals surface area contributed by atoms with E-state index in [2.05, 4.69) is 5.32 Å². The van der Waals surface area contributed by atoms with Gasteiger partial charge in [-0.05, 0) is 42.8 Å². The Morgan fingerprint density at radius 1 is 1.19 bits per heavy atom. The lowest BCUT2D eigenvalue weighted by Gasteiger charge is -2.15. The largest absolute Gasteiger partial charge is 0.426 e. The number of esters is 1. The van der Waals surface area contributed by atoms with Crippen LogP contribution in [0.25, 0.3) is 0 Å². The number of halogens is 3. The summed E-state index contributed by atoms with van der Waals surface area (Å²) >= 11 is 0. The number of carbonyl (C=O) groups excluding carboxylic acids is 2. The molecule has 0 atom stereocenters. The molecule has 31 heavy (non-hydrogen) atoms. The lowest BCUT2D eigenvalue weighted by Crippen LogP contribution is -2.23. The molecule has 0 spiro atoms. The van der Waals surface area contributed by atoms with Gasteiger partial charge in [-0.25, -0.2) is 0 Å². The van der Waals surface area contributed by atoms with Crippen molar-refractivity contribution in [2.75, 3.05) is 23.3 Å². The third kappa shape index (κ3) is 5.50. The van der Waals surface area contributed by atoms with E-state index >= 15 is 0 Å². The highest BCUT2D eigenvalue weighted by Crippen LogP contribution is 2.35. The first-order chi connectivity index (χ1) is 14.6. The topological polar surface area (TPSA) is 102 Å². The van der Waals surface area contributed by atoms with Gasteiger partial charge in [0.15, 0.2) is 0 Å². The Hall–Kier alpha value is -3.63. The number of benzene rings is 2.